The van der Waals surface area contributed by atoms with Crippen LogP contribution in [-0.2, 0) is 28.1 Å². The Kier molecular flexibility index (Phi) is 8.96. The molecule has 1 aromatic carbocycles. The van der Waals surface area contributed by atoms with Gasteiger partial charge in [0.2, 0.25) is 0 Å². The SMILES string of the molecule is O=C(NCc1ccc(COCC(F)(F)F)cc1)N1CCN(S(=O)(=O)N2CCCCCC2)CC1. The molecule has 0 saturated carbocycles. The molecule has 12 heteroatoms. The summed E-state index contributed by atoms with van der Waals surface area (Å²) in [5, 5.41) is 2.81. The minimum absolute atomic E-state index is 0.142. The Labute approximate surface area is 192 Å². The van der Waals surface area contributed by atoms with E-state index >= 15 is 0 Å². The number of carbonyl (C=O) groups is 1. The summed E-state index contributed by atoms with van der Waals surface area (Å²) in [5.74, 6) is 0. The third-order valence-electron chi connectivity index (χ3n) is 5.74. The van der Waals surface area contributed by atoms with E-state index in [1.165, 1.54) is 4.31 Å². The molecule has 2 aliphatic heterocycles. The van der Waals surface area contributed by atoms with E-state index in [0.29, 0.717) is 31.7 Å². The fraction of sp³-hybridized carbons (Fsp3) is 0.667. The molecule has 2 amide bonds. The summed E-state index contributed by atoms with van der Waals surface area (Å²) >= 11 is 0. The summed E-state index contributed by atoms with van der Waals surface area (Å²) in [6, 6.07) is 6.48. The second-order valence-corrected chi connectivity index (χ2v) is 10.2. The average molecular weight is 493 g/mol. The molecule has 0 radical (unpaired) electrons. The molecule has 3 rings (SSSR count). The summed E-state index contributed by atoms with van der Waals surface area (Å²) in [4.78, 5) is 14.1. The van der Waals surface area contributed by atoms with Crippen molar-refractivity contribution in [2.75, 3.05) is 45.9 Å². The maximum Gasteiger partial charge on any atom is 0.411 e. The highest BCUT2D eigenvalue weighted by molar-refractivity contribution is 7.86. The van der Waals surface area contributed by atoms with E-state index < -0.39 is 23.0 Å². The van der Waals surface area contributed by atoms with Crippen LogP contribution in [0.25, 0.3) is 0 Å². The maximum atomic E-state index is 12.9. The van der Waals surface area contributed by atoms with Crippen molar-refractivity contribution in [2.45, 2.75) is 45.0 Å². The van der Waals surface area contributed by atoms with Crippen LogP contribution in [0.1, 0.15) is 36.8 Å². The first-order valence-corrected chi connectivity index (χ1v) is 12.6. The van der Waals surface area contributed by atoms with Gasteiger partial charge in [0.15, 0.2) is 0 Å². The lowest BCUT2D eigenvalue weighted by Crippen LogP contribution is -2.55. The minimum atomic E-state index is -4.35. The zero-order valence-corrected chi connectivity index (χ0v) is 19.3. The van der Waals surface area contributed by atoms with Crippen LogP contribution in [0.15, 0.2) is 24.3 Å². The molecule has 8 nitrogen and oxygen atoms in total. The van der Waals surface area contributed by atoms with Gasteiger partial charge in [0.1, 0.15) is 6.61 Å². The number of rotatable bonds is 7. The molecule has 0 unspecified atom stereocenters. The smallest absolute Gasteiger partial charge is 0.367 e. The second-order valence-electron chi connectivity index (χ2n) is 8.29. The number of urea groups is 1. The number of nitrogens with one attached hydrogen (secondary N) is 1. The molecule has 0 spiro atoms. The van der Waals surface area contributed by atoms with Gasteiger partial charge in [0, 0.05) is 45.8 Å². The van der Waals surface area contributed by atoms with Gasteiger partial charge >= 0.3 is 12.2 Å². The number of amides is 2. The summed E-state index contributed by atoms with van der Waals surface area (Å²) < 4.78 is 69.8. The van der Waals surface area contributed by atoms with E-state index in [0.717, 1.165) is 31.2 Å². The normalized spacial score (nSPS) is 19.3. The standard InChI is InChI=1S/C21H31F3N4O4S/c22-21(23,24)17-32-16-19-7-5-18(6-8-19)15-25-20(29)26-11-13-28(14-12-26)33(30,31)27-9-3-1-2-4-10-27/h5-8H,1-4,9-17H2,(H,25,29). The van der Waals surface area contributed by atoms with Crippen LogP contribution in [0.5, 0.6) is 0 Å². The molecule has 2 heterocycles. The molecule has 0 bridgehead atoms. The van der Waals surface area contributed by atoms with E-state index in [2.05, 4.69) is 10.1 Å². The number of hydrogen-bond donors (Lipinski definition) is 1. The fourth-order valence-electron chi connectivity index (χ4n) is 3.89. The molecule has 2 saturated heterocycles. The van der Waals surface area contributed by atoms with Gasteiger partial charge in [-0.3, -0.25) is 0 Å². The highest BCUT2D eigenvalue weighted by Gasteiger charge is 2.33. The van der Waals surface area contributed by atoms with Crippen LogP contribution in [0.3, 0.4) is 0 Å². The molecule has 2 aliphatic rings. The van der Waals surface area contributed by atoms with Gasteiger partial charge in [-0.05, 0) is 24.0 Å². The van der Waals surface area contributed by atoms with Crippen molar-refractivity contribution in [1.82, 2.24) is 18.8 Å². The molecule has 186 valence electrons. The Balaban J connectivity index is 1.41. The molecule has 2 fully saturated rings. The average Bonchev–Trinajstić information content (AvgIpc) is 3.08. The van der Waals surface area contributed by atoms with Gasteiger partial charge in [0.05, 0.1) is 6.61 Å². The van der Waals surface area contributed by atoms with Crippen molar-refractivity contribution in [3.05, 3.63) is 35.4 Å². The highest BCUT2D eigenvalue weighted by atomic mass is 32.2. The lowest BCUT2D eigenvalue weighted by Gasteiger charge is -2.36. The molecule has 0 aromatic heterocycles. The van der Waals surface area contributed by atoms with Gasteiger partial charge in [-0.15, -0.1) is 0 Å². The molecule has 0 aliphatic carbocycles. The summed E-state index contributed by atoms with van der Waals surface area (Å²) in [5.41, 5.74) is 1.40. The molecule has 0 atom stereocenters. The number of piperazine rings is 1. The molecule has 1 aromatic rings. The van der Waals surface area contributed by atoms with E-state index in [4.69, 9.17) is 0 Å². The van der Waals surface area contributed by atoms with Crippen LogP contribution in [0, 0.1) is 0 Å². The number of nitrogens with zero attached hydrogens (tertiary/aromatic N) is 3. The largest absolute Gasteiger partial charge is 0.411 e. The van der Waals surface area contributed by atoms with Gasteiger partial charge in [-0.1, -0.05) is 37.1 Å². The summed E-state index contributed by atoms with van der Waals surface area (Å²) in [7, 11) is -3.50. The first-order valence-electron chi connectivity index (χ1n) is 11.2. The zero-order chi connectivity index (χ0) is 23.9. The van der Waals surface area contributed by atoms with Crippen LogP contribution in [-0.4, -0.2) is 80.0 Å². The van der Waals surface area contributed by atoms with Crippen LogP contribution >= 0.6 is 0 Å². The molecule has 1 N–H and O–H groups in total. The highest BCUT2D eigenvalue weighted by Crippen LogP contribution is 2.18. The number of benzene rings is 1. The van der Waals surface area contributed by atoms with E-state index in [1.54, 1.807) is 33.5 Å². The van der Waals surface area contributed by atoms with Crippen molar-refractivity contribution in [3.8, 4) is 0 Å². The molecular weight excluding hydrogens is 461 g/mol. The lowest BCUT2D eigenvalue weighted by atomic mass is 10.1. The fourth-order valence-corrected chi connectivity index (χ4v) is 5.56. The molecular formula is C21H31F3N4O4S. The first-order chi connectivity index (χ1) is 15.6. The Morgan fingerprint density at radius 3 is 2.00 bits per heavy atom. The Morgan fingerprint density at radius 2 is 1.42 bits per heavy atom. The topological polar surface area (TPSA) is 82.2 Å². The second kappa shape index (κ2) is 11.5. The number of carbonyl (C=O) groups excluding carboxylic acids is 1. The number of ether oxygens (including phenoxy) is 1. The minimum Gasteiger partial charge on any atom is -0.367 e. The van der Waals surface area contributed by atoms with Crippen molar-refractivity contribution >= 4 is 16.2 Å². The van der Waals surface area contributed by atoms with Crippen molar-refractivity contribution in [1.29, 1.82) is 0 Å². The lowest BCUT2D eigenvalue weighted by molar-refractivity contribution is -0.176. The van der Waals surface area contributed by atoms with Crippen LogP contribution in [0.2, 0.25) is 0 Å². The van der Waals surface area contributed by atoms with E-state index in [1.807, 2.05) is 0 Å². The monoisotopic (exact) mass is 492 g/mol. The Morgan fingerprint density at radius 1 is 0.879 bits per heavy atom. The summed E-state index contributed by atoms with van der Waals surface area (Å²) in [6.45, 7) is 1.08. The Bertz CT molecular complexity index is 864. The number of hydrogen-bond acceptors (Lipinski definition) is 4. The number of alkyl halides is 3. The first kappa shape index (κ1) is 25.7. The third-order valence-corrected chi connectivity index (χ3v) is 7.78. The van der Waals surface area contributed by atoms with Gasteiger partial charge in [-0.25, -0.2) is 4.79 Å². The van der Waals surface area contributed by atoms with Gasteiger partial charge in [0.25, 0.3) is 10.2 Å². The Hall–Kier alpha value is -1.89. The third kappa shape index (κ3) is 7.83. The predicted molar refractivity (Wildman–Crippen MR) is 116 cm³/mol. The van der Waals surface area contributed by atoms with Gasteiger partial charge < -0.3 is 15.0 Å². The maximum absolute atomic E-state index is 12.9. The zero-order valence-electron chi connectivity index (χ0n) is 18.5. The number of halogens is 3. The van der Waals surface area contributed by atoms with Crippen LogP contribution in [0.4, 0.5) is 18.0 Å². The molecule has 33 heavy (non-hydrogen) atoms. The van der Waals surface area contributed by atoms with Crippen LogP contribution < -0.4 is 5.32 Å². The summed E-state index contributed by atoms with van der Waals surface area (Å²) in [6.07, 6.45) is -0.498. The predicted octanol–water partition coefficient (Wildman–Crippen LogP) is 2.71. The van der Waals surface area contributed by atoms with Crippen molar-refractivity contribution in [2.24, 2.45) is 0 Å². The van der Waals surface area contributed by atoms with E-state index in [-0.39, 0.29) is 32.3 Å². The van der Waals surface area contributed by atoms with Crippen molar-refractivity contribution < 1.29 is 31.1 Å². The van der Waals surface area contributed by atoms with Gasteiger partial charge in [-0.2, -0.15) is 30.2 Å². The van der Waals surface area contributed by atoms with Crippen molar-refractivity contribution in [3.63, 3.8) is 0 Å². The van der Waals surface area contributed by atoms with E-state index in [9.17, 15) is 26.4 Å². The quantitative estimate of drug-likeness (QED) is 0.635.